The summed E-state index contributed by atoms with van der Waals surface area (Å²) in [5, 5.41) is 12.4. The van der Waals surface area contributed by atoms with Crippen molar-refractivity contribution in [2.45, 2.75) is 44.6 Å². The van der Waals surface area contributed by atoms with Gasteiger partial charge in [0.25, 0.3) is 5.91 Å². The molecule has 3 unspecified atom stereocenters. The molecule has 9 nitrogen and oxygen atoms in total. The number of piperazine rings is 1. The van der Waals surface area contributed by atoms with Crippen LogP contribution in [0.25, 0.3) is 0 Å². The maximum Gasteiger partial charge on any atom is 0.254 e. The summed E-state index contributed by atoms with van der Waals surface area (Å²) in [6, 6.07) is 14.3. The van der Waals surface area contributed by atoms with Crippen LogP contribution < -0.4 is 10.2 Å². The smallest absolute Gasteiger partial charge is 0.254 e. The molecule has 1 aromatic heterocycles. The molecule has 0 bridgehead atoms. The summed E-state index contributed by atoms with van der Waals surface area (Å²) in [6.45, 7) is 3.79. The molecule has 39 heavy (non-hydrogen) atoms. The Labute approximate surface area is 229 Å². The maximum atomic E-state index is 13.8. The summed E-state index contributed by atoms with van der Waals surface area (Å²) in [7, 11) is 0. The fraction of sp³-hybridized carbons (Fsp3) is 0.500. The van der Waals surface area contributed by atoms with E-state index in [0.29, 0.717) is 63.2 Å². The molecule has 3 fully saturated rings. The van der Waals surface area contributed by atoms with Crippen LogP contribution in [0.4, 0.5) is 5.82 Å². The zero-order chi connectivity index (χ0) is 27.2. The lowest BCUT2D eigenvalue weighted by molar-refractivity contribution is -0.135. The third kappa shape index (κ3) is 6.06. The third-order valence-electron chi connectivity index (χ3n) is 8.30. The number of fused-ring (bicyclic) bond motifs is 1. The van der Waals surface area contributed by atoms with Crippen molar-refractivity contribution in [2.24, 2.45) is 11.8 Å². The molecule has 1 saturated carbocycles. The van der Waals surface area contributed by atoms with Gasteiger partial charge in [-0.1, -0.05) is 25.0 Å². The molecule has 3 heterocycles. The van der Waals surface area contributed by atoms with Gasteiger partial charge in [-0.15, -0.1) is 0 Å². The van der Waals surface area contributed by atoms with Crippen LogP contribution >= 0.6 is 0 Å². The fourth-order valence-electron chi connectivity index (χ4n) is 6.21. The first-order valence-electron chi connectivity index (χ1n) is 14.1. The molecule has 9 heteroatoms. The molecule has 2 aliphatic heterocycles. The average Bonchev–Trinajstić information content (AvgIpc) is 3.42. The van der Waals surface area contributed by atoms with Crippen molar-refractivity contribution in [1.82, 2.24) is 20.1 Å². The minimum atomic E-state index is -0.435. The van der Waals surface area contributed by atoms with Gasteiger partial charge in [-0.05, 0) is 56.0 Å². The van der Waals surface area contributed by atoms with Crippen LogP contribution in [-0.4, -0.2) is 77.8 Å². The van der Waals surface area contributed by atoms with E-state index in [9.17, 15) is 19.6 Å². The second-order valence-electron chi connectivity index (χ2n) is 10.7. The molecule has 3 atom stereocenters. The van der Waals surface area contributed by atoms with Crippen LogP contribution in [0.3, 0.4) is 0 Å². The average molecular weight is 529 g/mol. The Morgan fingerprint density at radius 1 is 0.949 bits per heavy atom. The molecule has 0 radical (unpaired) electrons. The number of amides is 3. The Balaban J connectivity index is 1.34. The van der Waals surface area contributed by atoms with Gasteiger partial charge in [0.15, 0.2) is 0 Å². The Morgan fingerprint density at radius 2 is 1.77 bits per heavy atom. The van der Waals surface area contributed by atoms with E-state index in [1.165, 1.54) is 0 Å². The topological polar surface area (TPSA) is 110 Å². The van der Waals surface area contributed by atoms with Gasteiger partial charge < -0.3 is 20.0 Å². The van der Waals surface area contributed by atoms with Crippen LogP contribution in [0.1, 0.15) is 54.4 Å². The van der Waals surface area contributed by atoms with E-state index in [0.717, 1.165) is 31.5 Å². The number of hydrogen-bond acceptors (Lipinski definition) is 6. The molecule has 1 aliphatic carbocycles. The molecular weight excluding hydrogens is 492 g/mol. The molecule has 3 aliphatic rings. The normalized spacial score (nSPS) is 24.2. The van der Waals surface area contributed by atoms with Gasteiger partial charge in [-0.2, -0.15) is 5.26 Å². The van der Waals surface area contributed by atoms with E-state index in [-0.39, 0.29) is 29.7 Å². The first-order chi connectivity index (χ1) is 19.0. The molecule has 2 aromatic rings. The zero-order valence-electron chi connectivity index (χ0n) is 22.3. The van der Waals surface area contributed by atoms with Gasteiger partial charge >= 0.3 is 0 Å². The highest BCUT2D eigenvalue weighted by Gasteiger charge is 2.46. The SMILES string of the molecule is N#Cc1cccc(C(=O)N2CCCCCCNC(=O)C3CC(C(=O)N4CCN(c5ccccn5)CC4)CC32)c1. The van der Waals surface area contributed by atoms with Gasteiger partial charge in [-0.25, -0.2) is 4.98 Å². The number of nitrogens with one attached hydrogen (secondary N) is 1. The number of pyridine rings is 1. The van der Waals surface area contributed by atoms with Gasteiger partial charge in [0.05, 0.1) is 17.6 Å². The molecule has 204 valence electrons. The lowest BCUT2D eigenvalue weighted by Crippen LogP contribution is -2.50. The summed E-state index contributed by atoms with van der Waals surface area (Å²) < 4.78 is 0. The predicted molar refractivity (Wildman–Crippen MR) is 147 cm³/mol. The van der Waals surface area contributed by atoms with Crippen molar-refractivity contribution < 1.29 is 14.4 Å². The number of nitriles is 1. The summed E-state index contributed by atoms with van der Waals surface area (Å²) in [5.74, 6) is -0.00183. The molecular formula is C30H36N6O3. The Kier molecular flexibility index (Phi) is 8.40. The van der Waals surface area contributed by atoms with Gasteiger partial charge in [0.1, 0.15) is 5.82 Å². The van der Waals surface area contributed by atoms with Crippen LogP contribution in [0.15, 0.2) is 48.7 Å². The quantitative estimate of drug-likeness (QED) is 0.656. The zero-order valence-corrected chi connectivity index (χ0v) is 22.3. The molecule has 0 spiro atoms. The highest BCUT2D eigenvalue weighted by molar-refractivity contribution is 5.95. The number of benzene rings is 1. The van der Waals surface area contributed by atoms with E-state index in [1.807, 2.05) is 28.0 Å². The third-order valence-corrected chi connectivity index (χ3v) is 8.30. The van der Waals surface area contributed by atoms with Gasteiger partial charge in [0, 0.05) is 63.0 Å². The predicted octanol–water partition coefficient (Wildman–Crippen LogP) is 2.83. The minimum absolute atomic E-state index is 0.0688. The number of nitrogens with zero attached hydrogens (tertiary/aromatic N) is 5. The monoisotopic (exact) mass is 528 g/mol. The Bertz CT molecular complexity index is 1220. The number of aromatic nitrogens is 1. The molecule has 1 N–H and O–H groups in total. The highest BCUT2D eigenvalue weighted by atomic mass is 16.2. The molecule has 2 saturated heterocycles. The van der Waals surface area contributed by atoms with Gasteiger partial charge in [-0.3, -0.25) is 14.4 Å². The Hall–Kier alpha value is -3.93. The highest BCUT2D eigenvalue weighted by Crippen LogP contribution is 2.37. The minimum Gasteiger partial charge on any atom is -0.356 e. The van der Waals surface area contributed by atoms with Crippen molar-refractivity contribution in [3.05, 3.63) is 59.8 Å². The molecule has 5 rings (SSSR count). The van der Waals surface area contributed by atoms with Crippen molar-refractivity contribution >= 4 is 23.5 Å². The first kappa shape index (κ1) is 26.7. The lowest BCUT2D eigenvalue weighted by Gasteiger charge is -2.36. The summed E-state index contributed by atoms with van der Waals surface area (Å²) in [4.78, 5) is 51.2. The number of carbonyl (C=O) groups excluding carboxylic acids is 3. The number of carbonyl (C=O) groups is 3. The van der Waals surface area contributed by atoms with Crippen LogP contribution in [0.2, 0.25) is 0 Å². The van der Waals surface area contributed by atoms with E-state index in [1.54, 1.807) is 30.5 Å². The summed E-state index contributed by atoms with van der Waals surface area (Å²) in [6.07, 6.45) is 6.41. The molecule has 1 aromatic carbocycles. The second kappa shape index (κ2) is 12.3. The standard InChI is InChI=1S/C30H36N6O3/c31-21-22-8-7-9-23(18-22)30(39)36-13-6-2-1-4-12-33-28(37)25-19-24(20-26(25)36)29(38)35-16-14-34(15-17-35)27-10-3-5-11-32-27/h3,5,7-11,18,24-26H,1-2,4,6,12-17,19-20H2,(H,33,37). The van der Waals surface area contributed by atoms with Crippen molar-refractivity contribution in [3.8, 4) is 6.07 Å². The largest absolute Gasteiger partial charge is 0.356 e. The van der Waals surface area contributed by atoms with Gasteiger partial charge in [0.2, 0.25) is 11.8 Å². The second-order valence-corrected chi connectivity index (χ2v) is 10.7. The van der Waals surface area contributed by atoms with E-state index < -0.39 is 5.92 Å². The van der Waals surface area contributed by atoms with Crippen molar-refractivity contribution in [1.29, 1.82) is 5.26 Å². The fourth-order valence-corrected chi connectivity index (χ4v) is 6.21. The van der Waals surface area contributed by atoms with Crippen LogP contribution in [0, 0.1) is 23.2 Å². The Morgan fingerprint density at radius 3 is 2.54 bits per heavy atom. The van der Waals surface area contributed by atoms with Crippen molar-refractivity contribution in [3.63, 3.8) is 0 Å². The van der Waals surface area contributed by atoms with Crippen molar-refractivity contribution in [2.75, 3.05) is 44.2 Å². The van der Waals surface area contributed by atoms with E-state index in [4.69, 9.17) is 0 Å². The number of anilines is 1. The number of rotatable bonds is 3. The van der Waals surface area contributed by atoms with Crippen LogP contribution in [0.5, 0.6) is 0 Å². The first-order valence-corrected chi connectivity index (χ1v) is 14.1. The molecule has 3 amide bonds. The van der Waals surface area contributed by atoms with Crippen LogP contribution in [-0.2, 0) is 9.59 Å². The summed E-state index contributed by atoms with van der Waals surface area (Å²) >= 11 is 0. The lowest BCUT2D eigenvalue weighted by atomic mass is 9.99. The van der Waals surface area contributed by atoms with E-state index >= 15 is 0 Å². The maximum absolute atomic E-state index is 13.8. The number of hydrogen-bond donors (Lipinski definition) is 1. The van der Waals surface area contributed by atoms with E-state index in [2.05, 4.69) is 21.3 Å². The summed E-state index contributed by atoms with van der Waals surface area (Å²) in [5.41, 5.74) is 0.876.